The topological polar surface area (TPSA) is 279 Å². The summed E-state index contributed by atoms with van der Waals surface area (Å²) in [4.78, 5) is 56.8. The van der Waals surface area contributed by atoms with Gasteiger partial charge in [0, 0.05) is 67.4 Å². The number of hydrogen-bond donors (Lipinski definition) is 9. The van der Waals surface area contributed by atoms with E-state index in [1.54, 1.807) is 81.4 Å². The number of aliphatic hydroxyl groups is 8. The summed E-state index contributed by atoms with van der Waals surface area (Å²) in [5, 5.41) is 92.6. The van der Waals surface area contributed by atoms with Gasteiger partial charge in [-0.05, 0) is 73.8 Å². The molecular weight excluding hydrogens is 1050 g/mol. The normalized spacial score (nSPS) is 38.6. The molecule has 17 nitrogen and oxygen atoms in total. The number of esters is 2. The second-order valence-electron chi connectivity index (χ2n) is 18.7. The van der Waals surface area contributed by atoms with Crippen molar-refractivity contribution in [2.75, 3.05) is 13.2 Å². The molecule has 4 aliphatic carbocycles. The SMILES string of the molecule is CC1=C2C(OC(=O)COC3OC(CO)C(O)C(O)C3O)C(=O)[C@]3(C)C(O)C[C@H]4CC[C@@]4(O)C3[C@H](C)C(O)(CC1OC(=O)C(O)C(NC(=O)c1ccccc1)c1ccccc1)C2(C)C.[Ac]. The van der Waals surface area contributed by atoms with Crippen LogP contribution in [0.1, 0.15) is 82.3 Å². The smallest absolute Gasteiger partial charge is 0.338 e. The summed E-state index contributed by atoms with van der Waals surface area (Å²) in [6.07, 6.45) is -14.5. The van der Waals surface area contributed by atoms with Gasteiger partial charge in [-0.25, -0.2) is 9.59 Å². The van der Waals surface area contributed by atoms with Crippen LogP contribution in [-0.2, 0) is 33.3 Å². The van der Waals surface area contributed by atoms with Crippen LogP contribution in [0.25, 0.3) is 0 Å². The van der Waals surface area contributed by atoms with Crippen molar-refractivity contribution >= 4 is 23.6 Å². The summed E-state index contributed by atoms with van der Waals surface area (Å²) in [6.45, 7) is 6.24. The first-order valence-corrected chi connectivity index (χ1v) is 21.4. The summed E-state index contributed by atoms with van der Waals surface area (Å²) in [7, 11) is 0. The van der Waals surface area contributed by atoms with Crippen LogP contribution in [0.2, 0.25) is 0 Å². The molecule has 1 radical (unpaired) electrons. The second kappa shape index (κ2) is 19.1. The Labute approximate surface area is 406 Å². The number of ether oxygens (including phenoxy) is 4. The van der Waals surface area contributed by atoms with Crippen molar-refractivity contribution in [3.05, 3.63) is 82.9 Å². The van der Waals surface area contributed by atoms with E-state index in [9.17, 15) is 55.2 Å². The van der Waals surface area contributed by atoms with Crippen LogP contribution >= 0.6 is 0 Å². The third kappa shape index (κ3) is 8.47. The number of amides is 1. The van der Waals surface area contributed by atoms with E-state index >= 15 is 4.79 Å². The number of rotatable bonds is 11. The molecule has 16 atom stereocenters. The molecule has 9 N–H and O–H groups in total. The number of nitrogens with one attached hydrogen (secondary N) is 1. The summed E-state index contributed by atoms with van der Waals surface area (Å²) in [5.74, 6) is -6.24. The number of carbonyl (C=O) groups is 4. The van der Waals surface area contributed by atoms with Crippen molar-refractivity contribution in [1.82, 2.24) is 5.32 Å². The van der Waals surface area contributed by atoms with Gasteiger partial charge in [0.25, 0.3) is 5.91 Å². The Hall–Kier alpha value is -2.70. The fourth-order valence-corrected chi connectivity index (χ4v) is 11.4. The molecule has 5 aliphatic rings. The quantitative estimate of drug-likeness (QED) is 0.109. The maximum atomic E-state index is 15.4. The number of hydrogen-bond acceptors (Lipinski definition) is 16. The first-order chi connectivity index (χ1) is 29.6. The Balaban J connectivity index is 0.00000680. The summed E-state index contributed by atoms with van der Waals surface area (Å²) < 4.78 is 22.9. The zero-order valence-electron chi connectivity index (χ0n) is 36.4. The molecule has 0 aromatic heterocycles. The molecule has 3 saturated carbocycles. The number of aliphatic hydroxyl groups excluding tert-OH is 6. The molecule has 1 amide bonds. The third-order valence-corrected chi connectivity index (χ3v) is 15.2. The molecule has 2 aromatic carbocycles. The molecule has 12 unspecified atom stereocenters. The summed E-state index contributed by atoms with van der Waals surface area (Å²) >= 11 is 0. The van der Waals surface area contributed by atoms with E-state index in [2.05, 4.69) is 5.32 Å². The van der Waals surface area contributed by atoms with Gasteiger partial charge in [0.2, 0.25) is 0 Å². The van der Waals surface area contributed by atoms with E-state index in [0.717, 1.165) is 0 Å². The van der Waals surface area contributed by atoms with Crippen LogP contribution in [0.15, 0.2) is 71.8 Å². The first kappa shape index (κ1) is 50.7. The zero-order valence-corrected chi connectivity index (χ0v) is 41.2. The molecule has 1 saturated heterocycles. The summed E-state index contributed by atoms with van der Waals surface area (Å²) in [6, 6.07) is 15.2. The predicted molar refractivity (Wildman–Crippen MR) is 219 cm³/mol. The number of carbonyl (C=O) groups excluding carboxylic acids is 4. The third-order valence-electron chi connectivity index (χ3n) is 15.2. The van der Waals surface area contributed by atoms with E-state index < -0.39 is 138 Å². The van der Waals surface area contributed by atoms with E-state index in [1.807, 2.05) is 0 Å². The van der Waals surface area contributed by atoms with Crippen LogP contribution in [-0.4, -0.2) is 144 Å². The minimum atomic E-state index is -1.99. The fourth-order valence-electron chi connectivity index (χ4n) is 11.4. The van der Waals surface area contributed by atoms with Gasteiger partial charge in [0.1, 0.15) is 37.1 Å². The van der Waals surface area contributed by atoms with Gasteiger partial charge in [-0.1, -0.05) is 69.3 Å². The molecule has 18 heteroatoms. The molecule has 4 fully saturated rings. The number of Topliss-reactive ketones (excluding diaryl/α,β-unsaturated/α-hetero) is 1. The van der Waals surface area contributed by atoms with Gasteiger partial charge in [0.15, 0.2) is 24.3 Å². The Morgan fingerprint density at radius 3 is 2.14 bits per heavy atom. The molecule has 1 heterocycles. The fraction of sp³-hybridized carbons (Fsp3) is 0.609. The Morgan fingerprint density at radius 1 is 0.922 bits per heavy atom. The molecule has 64 heavy (non-hydrogen) atoms. The van der Waals surface area contributed by atoms with Crippen LogP contribution < -0.4 is 5.32 Å². The van der Waals surface area contributed by atoms with Crippen LogP contribution in [0.5, 0.6) is 0 Å². The van der Waals surface area contributed by atoms with E-state index in [1.165, 1.54) is 13.8 Å². The van der Waals surface area contributed by atoms with Gasteiger partial charge < -0.3 is 65.1 Å². The van der Waals surface area contributed by atoms with E-state index in [0.29, 0.717) is 12.0 Å². The van der Waals surface area contributed by atoms with Crippen molar-refractivity contribution in [3.8, 4) is 0 Å². The van der Waals surface area contributed by atoms with Gasteiger partial charge in [-0.3, -0.25) is 9.59 Å². The largest absolute Gasteiger partial charge is 0.456 e. The molecule has 2 bridgehead atoms. The minimum absolute atomic E-state index is 0. The average Bonchev–Trinajstić information content (AvgIpc) is 3.26. The standard InChI is InChI=1S/C46H59NO16.Ac/c1-22-27(61-41(57)34(52)32(24-12-8-6-9-13-24)47-40(56)25-14-10-7-11-15-25)19-46(59)23(2)38-44(5,29(49)18-26-16-17-45(26,38)58)39(55)37(31(22)43(46,3)4)63-30(50)21-60-42-36(54)35(53)33(51)28(20-48)62-42;/h6-15,23,26-29,32-38,42,48-49,51-54,58-59H,16-21H2,1-5H3,(H,47,56);/t23-,26+,27?,28?,29?,32?,33?,34?,35?,36?,37?,38?,42?,44+,45-,46?;/m0./s1. The van der Waals surface area contributed by atoms with Crippen LogP contribution in [0.3, 0.4) is 0 Å². The van der Waals surface area contributed by atoms with Crippen molar-refractivity contribution < 1.29 is 123 Å². The molecule has 0 spiro atoms. The van der Waals surface area contributed by atoms with E-state index in [4.69, 9.17) is 18.9 Å². The maximum Gasteiger partial charge on any atom is 0.338 e. The van der Waals surface area contributed by atoms with Crippen molar-refractivity contribution in [2.45, 2.75) is 133 Å². The van der Waals surface area contributed by atoms with Crippen LogP contribution in [0, 0.1) is 72.6 Å². The zero-order chi connectivity index (χ0) is 46.0. The number of ketones is 1. The van der Waals surface area contributed by atoms with Gasteiger partial charge >= 0.3 is 11.9 Å². The molecule has 1 aliphatic heterocycles. The Kier molecular flexibility index (Phi) is 15.2. The predicted octanol–water partition coefficient (Wildman–Crippen LogP) is 0.383. The number of fused-ring (bicyclic) bond motifs is 5. The molecule has 7 rings (SSSR count). The maximum absolute atomic E-state index is 15.4. The van der Waals surface area contributed by atoms with Crippen molar-refractivity contribution in [2.24, 2.45) is 28.6 Å². The minimum Gasteiger partial charge on any atom is -0.456 e. The van der Waals surface area contributed by atoms with Gasteiger partial charge in [-0.2, -0.15) is 0 Å². The van der Waals surface area contributed by atoms with Crippen LogP contribution in [0.4, 0.5) is 0 Å². The summed E-state index contributed by atoms with van der Waals surface area (Å²) in [5.41, 5.74) is -5.87. The average molecular weight is 1110 g/mol. The van der Waals surface area contributed by atoms with Crippen molar-refractivity contribution in [1.29, 1.82) is 0 Å². The Morgan fingerprint density at radius 2 is 1.55 bits per heavy atom. The van der Waals surface area contributed by atoms with E-state index in [-0.39, 0.29) is 80.0 Å². The first-order valence-electron chi connectivity index (χ1n) is 21.4. The monoisotopic (exact) mass is 1110 g/mol. The molecule has 347 valence electrons. The molecule has 2 aromatic rings. The van der Waals surface area contributed by atoms with Gasteiger partial charge in [-0.15, -0.1) is 0 Å². The molecular formula is C46H59AcNO16. The van der Waals surface area contributed by atoms with Gasteiger partial charge in [0.05, 0.1) is 35.4 Å². The number of benzene rings is 2. The second-order valence-corrected chi connectivity index (χ2v) is 18.7. The van der Waals surface area contributed by atoms with Crippen molar-refractivity contribution in [3.63, 3.8) is 0 Å². The Bertz CT molecular complexity index is 2090.